The van der Waals surface area contributed by atoms with Gasteiger partial charge in [-0.2, -0.15) is 0 Å². The molecule has 2 aliphatic carbocycles. The van der Waals surface area contributed by atoms with Gasteiger partial charge in [0.1, 0.15) is 11.9 Å². The van der Waals surface area contributed by atoms with Crippen molar-refractivity contribution in [2.75, 3.05) is 0 Å². The lowest BCUT2D eigenvalue weighted by Crippen LogP contribution is -2.39. The van der Waals surface area contributed by atoms with E-state index in [9.17, 15) is 0 Å². The topological polar surface area (TPSA) is 35.2 Å². The number of hydrogen-bond acceptors (Lipinski definition) is 2. The van der Waals surface area contributed by atoms with Gasteiger partial charge in [-0.1, -0.05) is 42.8 Å². The van der Waals surface area contributed by atoms with E-state index in [0.717, 1.165) is 21.7 Å². The third-order valence-corrected chi connectivity index (χ3v) is 7.01. The first-order valence-corrected chi connectivity index (χ1v) is 8.33. The minimum absolute atomic E-state index is 0.284. The lowest BCUT2D eigenvalue weighted by Gasteiger charge is -2.39. The van der Waals surface area contributed by atoms with Crippen LogP contribution in [0, 0.1) is 16.7 Å². The molecule has 1 aromatic carbocycles. The maximum absolute atomic E-state index is 6.44. The Balaban J connectivity index is 1.89. The summed E-state index contributed by atoms with van der Waals surface area (Å²) in [5, 5.41) is 0. The van der Waals surface area contributed by atoms with Crippen LogP contribution in [0.5, 0.6) is 5.75 Å². The van der Waals surface area contributed by atoms with Crippen molar-refractivity contribution in [3.8, 4) is 5.75 Å². The van der Waals surface area contributed by atoms with Crippen LogP contribution in [0.4, 0.5) is 0 Å². The number of nitrogens with two attached hydrogens (primary N) is 1. The molecule has 3 unspecified atom stereocenters. The Morgan fingerprint density at radius 1 is 1.35 bits per heavy atom. The van der Waals surface area contributed by atoms with Crippen molar-refractivity contribution in [3.63, 3.8) is 0 Å². The highest BCUT2D eigenvalue weighted by Crippen LogP contribution is 2.66. The fraction of sp³-hybridized carbons (Fsp3) is 0.647. The summed E-state index contributed by atoms with van der Waals surface area (Å²) in [5.41, 5.74) is 7.62. The van der Waals surface area contributed by atoms with E-state index >= 15 is 0 Å². The molecule has 20 heavy (non-hydrogen) atoms. The number of fused-ring (bicyclic) bond motifs is 2. The molecule has 0 saturated heterocycles. The van der Waals surface area contributed by atoms with Gasteiger partial charge in [-0.25, -0.2) is 0 Å². The average Bonchev–Trinajstić information content (AvgIpc) is 2.72. The number of ether oxygens (including phenoxy) is 1. The SMILES string of the molecule is CC1(C)C2CCC1(C)C(Oc1cccc(Br)c1CN)C2. The van der Waals surface area contributed by atoms with Gasteiger partial charge in [-0.05, 0) is 42.7 Å². The van der Waals surface area contributed by atoms with Gasteiger partial charge in [0, 0.05) is 22.0 Å². The van der Waals surface area contributed by atoms with Crippen LogP contribution in [0.3, 0.4) is 0 Å². The zero-order chi connectivity index (χ0) is 14.5. The van der Waals surface area contributed by atoms with E-state index in [1.54, 1.807) is 0 Å². The van der Waals surface area contributed by atoms with Crippen molar-refractivity contribution >= 4 is 15.9 Å². The van der Waals surface area contributed by atoms with Gasteiger partial charge in [0.2, 0.25) is 0 Å². The molecule has 0 spiro atoms. The van der Waals surface area contributed by atoms with Crippen LogP contribution >= 0.6 is 15.9 Å². The Hall–Kier alpha value is -0.540. The summed E-state index contributed by atoms with van der Waals surface area (Å²) < 4.78 is 7.49. The maximum Gasteiger partial charge on any atom is 0.125 e. The molecule has 2 N–H and O–H groups in total. The molecule has 3 rings (SSSR count). The number of hydrogen-bond donors (Lipinski definition) is 1. The zero-order valence-corrected chi connectivity index (χ0v) is 14.2. The second kappa shape index (κ2) is 4.74. The normalized spacial score (nSPS) is 34.5. The summed E-state index contributed by atoms with van der Waals surface area (Å²) >= 11 is 3.57. The van der Waals surface area contributed by atoms with Crippen LogP contribution in [0.25, 0.3) is 0 Å². The highest BCUT2D eigenvalue weighted by molar-refractivity contribution is 9.10. The summed E-state index contributed by atoms with van der Waals surface area (Å²) in [4.78, 5) is 0. The zero-order valence-electron chi connectivity index (χ0n) is 12.6. The van der Waals surface area contributed by atoms with Crippen LogP contribution in [0.2, 0.25) is 0 Å². The summed E-state index contributed by atoms with van der Waals surface area (Å²) in [6.07, 6.45) is 4.13. The third kappa shape index (κ3) is 1.86. The fourth-order valence-electron chi connectivity index (χ4n) is 4.31. The fourth-order valence-corrected chi connectivity index (χ4v) is 4.82. The molecular weight excluding hydrogens is 314 g/mol. The Kier molecular flexibility index (Phi) is 3.41. The molecule has 110 valence electrons. The minimum atomic E-state index is 0.284. The average molecular weight is 338 g/mol. The van der Waals surface area contributed by atoms with Crippen molar-refractivity contribution in [1.82, 2.24) is 0 Å². The lowest BCUT2D eigenvalue weighted by atomic mass is 9.70. The van der Waals surface area contributed by atoms with Gasteiger partial charge in [-0.15, -0.1) is 0 Å². The second-order valence-electron chi connectivity index (χ2n) is 7.14. The van der Waals surface area contributed by atoms with Crippen LogP contribution in [0.15, 0.2) is 22.7 Å². The van der Waals surface area contributed by atoms with E-state index in [0.29, 0.717) is 18.1 Å². The summed E-state index contributed by atoms with van der Waals surface area (Å²) in [6.45, 7) is 7.75. The molecule has 2 saturated carbocycles. The molecule has 0 aromatic heterocycles. The van der Waals surface area contributed by atoms with Crippen molar-refractivity contribution < 1.29 is 4.74 Å². The molecule has 1 aromatic rings. The quantitative estimate of drug-likeness (QED) is 0.881. The van der Waals surface area contributed by atoms with E-state index in [-0.39, 0.29) is 5.41 Å². The Labute approximate surface area is 130 Å². The molecule has 2 nitrogen and oxygen atoms in total. The standard InChI is InChI=1S/C17H24BrNO/c1-16(2)11-7-8-17(16,3)15(9-11)20-14-6-4-5-13(18)12(14)10-19/h4-6,11,15H,7-10,19H2,1-3H3. The molecular formula is C17H24BrNO. The summed E-state index contributed by atoms with van der Waals surface area (Å²) in [6, 6.07) is 6.11. The Bertz CT molecular complexity index is 528. The number of benzene rings is 1. The predicted octanol–water partition coefficient (Wildman–Crippen LogP) is 4.50. The van der Waals surface area contributed by atoms with Crippen molar-refractivity contribution in [3.05, 3.63) is 28.2 Å². The van der Waals surface area contributed by atoms with Gasteiger partial charge < -0.3 is 10.5 Å². The number of rotatable bonds is 3. The highest BCUT2D eigenvalue weighted by Gasteiger charge is 2.62. The van der Waals surface area contributed by atoms with Crippen LogP contribution in [0.1, 0.15) is 45.6 Å². The van der Waals surface area contributed by atoms with Gasteiger partial charge in [0.15, 0.2) is 0 Å². The molecule has 3 heteroatoms. The largest absolute Gasteiger partial charge is 0.489 e. The van der Waals surface area contributed by atoms with Gasteiger partial charge in [0.25, 0.3) is 0 Å². The highest BCUT2D eigenvalue weighted by atomic mass is 79.9. The smallest absolute Gasteiger partial charge is 0.125 e. The molecule has 3 atom stereocenters. The van der Waals surface area contributed by atoms with E-state index in [1.165, 1.54) is 19.3 Å². The molecule has 2 aliphatic rings. The van der Waals surface area contributed by atoms with Crippen molar-refractivity contribution in [1.29, 1.82) is 0 Å². The van der Waals surface area contributed by atoms with Crippen molar-refractivity contribution in [2.24, 2.45) is 22.5 Å². The Morgan fingerprint density at radius 3 is 2.65 bits per heavy atom. The predicted molar refractivity (Wildman–Crippen MR) is 85.7 cm³/mol. The molecule has 2 bridgehead atoms. The summed E-state index contributed by atoms with van der Waals surface area (Å²) in [5.74, 6) is 1.75. The monoisotopic (exact) mass is 337 g/mol. The van der Waals surface area contributed by atoms with Crippen molar-refractivity contribution in [2.45, 2.75) is 52.7 Å². The number of halogens is 1. The molecule has 0 radical (unpaired) electrons. The molecule has 0 amide bonds. The maximum atomic E-state index is 6.44. The van der Waals surface area contributed by atoms with Crippen LogP contribution < -0.4 is 10.5 Å². The van der Waals surface area contributed by atoms with E-state index < -0.39 is 0 Å². The van der Waals surface area contributed by atoms with Gasteiger partial charge in [-0.3, -0.25) is 0 Å². The first-order valence-electron chi connectivity index (χ1n) is 7.54. The molecule has 0 aliphatic heterocycles. The first kappa shape index (κ1) is 14.4. The molecule has 2 fully saturated rings. The minimum Gasteiger partial charge on any atom is -0.489 e. The van der Waals surface area contributed by atoms with Crippen LogP contribution in [-0.4, -0.2) is 6.10 Å². The third-order valence-electron chi connectivity index (χ3n) is 6.26. The first-order chi connectivity index (χ1) is 9.40. The van der Waals surface area contributed by atoms with Gasteiger partial charge in [0.05, 0.1) is 0 Å². The second-order valence-corrected chi connectivity index (χ2v) is 7.99. The van der Waals surface area contributed by atoms with E-state index in [1.807, 2.05) is 12.1 Å². The van der Waals surface area contributed by atoms with Gasteiger partial charge >= 0.3 is 0 Å². The molecule has 0 heterocycles. The van der Waals surface area contributed by atoms with Crippen LogP contribution in [-0.2, 0) is 6.54 Å². The Morgan fingerprint density at radius 2 is 2.10 bits per heavy atom. The van der Waals surface area contributed by atoms with E-state index in [2.05, 4.69) is 42.8 Å². The summed E-state index contributed by atoms with van der Waals surface area (Å²) in [7, 11) is 0. The lowest BCUT2D eigenvalue weighted by molar-refractivity contribution is 0.0295. The van der Waals surface area contributed by atoms with E-state index in [4.69, 9.17) is 10.5 Å².